The minimum absolute atomic E-state index is 0.802. The second-order valence-electron chi connectivity index (χ2n) is 4.70. The molecule has 100 valence electrons. The molecule has 1 aliphatic rings. The Morgan fingerprint density at radius 2 is 2.39 bits per heavy atom. The van der Waals surface area contributed by atoms with Crippen molar-refractivity contribution >= 4 is 17.4 Å². The highest BCUT2D eigenvalue weighted by Gasteiger charge is 2.19. The molecule has 0 radical (unpaired) electrons. The number of hydrogen-bond donors (Lipinski definition) is 1. The van der Waals surface area contributed by atoms with E-state index in [1.54, 1.807) is 0 Å². The molecule has 0 amide bonds. The van der Waals surface area contributed by atoms with Crippen LogP contribution in [-0.2, 0) is 6.54 Å². The van der Waals surface area contributed by atoms with Gasteiger partial charge < -0.3 is 5.32 Å². The monoisotopic (exact) mass is 265 g/mol. The summed E-state index contributed by atoms with van der Waals surface area (Å²) >= 11 is 2.11. The molecule has 1 aliphatic heterocycles. The molecular weight excluding hydrogens is 242 g/mol. The second-order valence-corrected chi connectivity index (χ2v) is 6.11. The third kappa shape index (κ3) is 3.89. The predicted molar refractivity (Wildman–Crippen MR) is 80.2 cm³/mol. The Bertz CT molecular complexity index is 370. The summed E-state index contributed by atoms with van der Waals surface area (Å²) in [6.45, 7) is 8.74. The van der Waals surface area contributed by atoms with Crippen LogP contribution in [0.1, 0.15) is 26.0 Å². The molecule has 0 saturated carbocycles. The van der Waals surface area contributed by atoms with Gasteiger partial charge in [0.2, 0.25) is 0 Å². The summed E-state index contributed by atoms with van der Waals surface area (Å²) in [5.41, 5.74) is 2.36. The highest BCUT2D eigenvalue weighted by molar-refractivity contribution is 8.00. The maximum absolute atomic E-state index is 4.48. The first-order valence-corrected chi connectivity index (χ1v) is 7.89. The maximum atomic E-state index is 4.48. The van der Waals surface area contributed by atoms with Crippen LogP contribution in [0.4, 0.5) is 5.69 Å². The fourth-order valence-corrected chi connectivity index (χ4v) is 3.53. The van der Waals surface area contributed by atoms with Gasteiger partial charge in [0.05, 0.1) is 5.69 Å². The van der Waals surface area contributed by atoms with Crippen molar-refractivity contribution in [2.24, 2.45) is 0 Å². The first kappa shape index (κ1) is 13.7. The topological polar surface area (TPSA) is 28.2 Å². The van der Waals surface area contributed by atoms with Crippen molar-refractivity contribution in [1.82, 2.24) is 9.88 Å². The Kier molecular flexibility index (Phi) is 5.32. The molecule has 0 spiro atoms. The molecule has 1 aromatic heterocycles. The number of thioether (sulfide) groups is 1. The maximum Gasteiger partial charge on any atom is 0.0564 e. The standard InChI is InChI=1S/C14H23N3S/c1-3-14-11-17(7-8-18-14)10-13-9-12(15-4-2)5-6-16-13/h5-6,9,14H,3-4,7-8,10-11H2,1-2H3,(H,15,16). The van der Waals surface area contributed by atoms with E-state index in [2.05, 4.69) is 46.9 Å². The smallest absolute Gasteiger partial charge is 0.0564 e. The van der Waals surface area contributed by atoms with Gasteiger partial charge in [0, 0.05) is 49.1 Å². The quantitative estimate of drug-likeness (QED) is 0.886. The van der Waals surface area contributed by atoms with Crippen LogP contribution in [0.15, 0.2) is 18.3 Å². The summed E-state index contributed by atoms with van der Waals surface area (Å²) in [5.74, 6) is 1.26. The van der Waals surface area contributed by atoms with Gasteiger partial charge in [-0.25, -0.2) is 0 Å². The van der Waals surface area contributed by atoms with E-state index in [4.69, 9.17) is 0 Å². The molecule has 1 aromatic rings. The summed E-state index contributed by atoms with van der Waals surface area (Å²) in [7, 11) is 0. The molecule has 1 fully saturated rings. The zero-order valence-corrected chi connectivity index (χ0v) is 12.2. The van der Waals surface area contributed by atoms with E-state index < -0.39 is 0 Å². The van der Waals surface area contributed by atoms with Crippen LogP contribution in [0, 0.1) is 0 Å². The summed E-state index contributed by atoms with van der Waals surface area (Å²) < 4.78 is 0. The first-order valence-electron chi connectivity index (χ1n) is 6.84. The van der Waals surface area contributed by atoms with Gasteiger partial charge in [-0.05, 0) is 25.5 Å². The fourth-order valence-electron chi connectivity index (χ4n) is 2.28. The van der Waals surface area contributed by atoms with E-state index >= 15 is 0 Å². The fraction of sp³-hybridized carbons (Fsp3) is 0.643. The van der Waals surface area contributed by atoms with Crippen molar-refractivity contribution in [2.75, 3.05) is 30.7 Å². The summed E-state index contributed by atoms with van der Waals surface area (Å²) in [6, 6.07) is 4.21. The summed E-state index contributed by atoms with van der Waals surface area (Å²) in [4.78, 5) is 7.01. The predicted octanol–water partition coefficient (Wildman–Crippen LogP) is 2.84. The van der Waals surface area contributed by atoms with Crippen LogP contribution in [-0.4, -0.2) is 40.5 Å². The number of hydrogen-bond acceptors (Lipinski definition) is 4. The zero-order valence-electron chi connectivity index (χ0n) is 11.4. The van der Waals surface area contributed by atoms with Crippen LogP contribution in [0.2, 0.25) is 0 Å². The molecule has 2 heterocycles. The highest BCUT2D eigenvalue weighted by Crippen LogP contribution is 2.22. The lowest BCUT2D eigenvalue weighted by atomic mass is 10.2. The van der Waals surface area contributed by atoms with Gasteiger partial charge in [0.25, 0.3) is 0 Å². The van der Waals surface area contributed by atoms with Crippen molar-refractivity contribution in [3.05, 3.63) is 24.0 Å². The number of aromatic nitrogens is 1. The Morgan fingerprint density at radius 3 is 3.17 bits per heavy atom. The van der Waals surface area contributed by atoms with Gasteiger partial charge in [-0.1, -0.05) is 6.92 Å². The van der Waals surface area contributed by atoms with Gasteiger partial charge in [0.1, 0.15) is 0 Å². The number of nitrogens with one attached hydrogen (secondary N) is 1. The van der Waals surface area contributed by atoms with E-state index in [-0.39, 0.29) is 0 Å². The lowest BCUT2D eigenvalue weighted by Crippen LogP contribution is -2.37. The Hall–Kier alpha value is -0.740. The van der Waals surface area contributed by atoms with Crippen molar-refractivity contribution in [3.8, 4) is 0 Å². The normalized spacial score (nSPS) is 20.9. The van der Waals surface area contributed by atoms with Gasteiger partial charge >= 0.3 is 0 Å². The number of nitrogens with zero attached hydrogens (tertiary/aromatic N) is 2. The minimum Gasteiger partial charge on any atom is -0.385 e. The van der Waals surface area contributed by atoms with E-state index in [1.807, 2.05) is 12.3 Å². The molecule has 4 heteroatoms. The Labute approximate surface area is 114 Å². The molecule has 1 unspecified atom stereocenters. The molecule has 18 heavy (non-hydrogen) atoms. The number of anilines is 1. The Balaban J connectivity index is 1.93. The van der Waals surface area contributed by atoms with Crippen LogP contribution < -0.4 is 5.32 Å². The van der Waals surface area contributed by atoms with Crippen LogP contribution in [0.25, 0.3) is 0 Å². The van der Waals surface area contributed by atoms with E-state index in [9.17, 15) is 0 Å². The molecule has 0 bridgehead atoms. The molecule has 0 aromatic carbocycles. The van der Waals surface area contributed by atoms with E-state index in [1.165, 1.54) is 36.6 Å². The number of rotatable bonds is 5. The SMILES string of the molecule is CCNc1ccnc(CN2CCSC(CC)C2)c1. The van der Waals surface area contributed by atoms with Gasteiger partial charge in [-0.3, -0.25) is 9.88 Å². The van der Waals surface area contributed by atoms with E-state index in [0.717, 1.165) is 18.3 Å². The van der Waals surface area contributed by atoms with Crippen LogP contribution >= 0.6 is 11.8 Å². The molecule has 3 nitrogen and oxygen atoms in total. The minimum atomic E-state index is 0.802. The average molecular weight is 265 g/mol. The lowest BCUT2D eigenvalue weighted by Gasteiger charge is -2.31. The Morgan fingerprint density at radius 1 is 1.50 bits per heavy atom. The van der Waals surface area contributed by atoms with Crippen molar-refractivity contribution in [2.45, 2.75) is 32.1 Å². The molecular formula is C14H23N3S. The number of pyridine rings is 1. The third-order valence-electron chi connectivity index (χ3n) is 3.26. The lowest BCUT2D eigenvalue weighted by molar-refractivity contribution is 0.270. The van der Waals surface area contributed by atoms with Crippen molar-refractivity contribution in [3.63, 3.8) is 0 Å². The van der Waals surface area contributed by atoms with Gasteiger partial charge in [0.15, 0.2) is 0 Å². The third-order valence-corrected chi connectivity index (χ3v) is 4.63. The highest BCUT2D eigenvalue weighted by atomic mass is 32.2. The van der Waals surface area contributed by atoms with Gasteiger partial charge in [-0.15, -0.1) is 0 Å². The van der Waals surface area contributed by atoms with Gasteiger partial charge in [-0.2, -0.15) is 11.8 Å². The van der Waals surface area contributed by atoms with Crippen LogP contribution in [0.5, 0.6) is 0 Å². The molecule has 1 saturated heterocycles. The second kappa shape index (κ2) is 7.00. The van der Waals surface area contributed by atoms with Crippen LogP contribution in [0.3, 0.4) is 0 Å². The summed E-state index contributed by atoms with van der Waals surface area (Å²) in [6.07, 6.45) is 3.18. The van der Waals surface area contributed by atoms with E-state index in [0.29, 0.717) is 0 Å². The van der Waals surface area contributed by atoms with Crippen molar-refractivity contribution < 1.29 is 0 Å². The summed E-state index contributed by atoms with van der Waals surface area (Å²) in [5, 5.41) is 4.14. The van der Waals surface area contributed by atoms with Crippen molar-refractivity contribution in [1.29, 1.82) is 0 Å². The molecule has 2 rings (SSSR count). The molecule has 1 N–H and O–H groups in total. The first-order chi connectivity index (χ1) is 8.81. The average Bonchev–Trinajstić information content (AvgIpc) is 2.40. The molecule has 1 atom stereocenters. The largest absolute Gasteiger partial charge is 0.385 e. The zero-order chi connectivity index (χ0) is 12.8. The molecule has 0 aliphatic carbocycles.